The first-order valence-electron chi connectivity index (χ1n) is 11.0. The van der Waals surface area contributed by atoms with Gasteiger partial charge in [-0.25, -0.2) is 8.42 Å². The van der Waals surface area contributed by atoms with Crippen molar-refractivity contribution in [1.29, 1.82) is 0 Å². The third-order valence-electron chi connectivity index (χ3n) is 5.94. The summed E-state index contributed by atoms with van der Waals surface area (Å²) in [5.41, 5.74) is 0.593. The minimum atomic E-state index is -4.04. The quantitative estimate of drug-likeness (QED) is 0.364. The summed E-state index contributed by atoms with van der Waals surface area (Å²) in [6.45, 7) is -0.457. The van der Waals surface area contributed by atoms with E-state index in [4.69, 9.17) is 9.47 Å². The minimum absolute atomic E-state index is 0.0798. The lowest BCUT2D eigenvalue weighted by atomic mass is 10.1. The molecule has 37 heavy (non-hydrogen) atoms. The maximum absolute atomic E-state index is 13.7. The third-order valence-corrected chi connectivity index (χ3v) is 8.09. The van der Waals surface area contributed by atoms with E-state index in [0.717, 1.165) is 4.90 Å². The SMILES string of the molecule is COc1ccc(C2CC(=O)N(CC(=O)Nc3ccc([N+](=O)[O-])cc3)c3ccccc3S2(=O)=O)cc1OC. The first-order chi connectivity index (χ1) is 17.6. The van der Waals surface area contributed by atoms with Crippen molar-refractivity contribution < 1.29 is 32.4 Å². The monoisotopic (exact) mass is 525 g/mol. The van der Waals surface area contributed by atoms with Gasteiger partial charge in [0.15, 0.2) is 21.3 Å². The number of nitrogens with zero attached hydrogens (tertiary/aromatic N) is 2. The predicted octanol–water partition coefficient (Wildman–Crippen LogP) is 3.50. The summed E-state index contributed by atoms with van der Waals surface area (Å²) in [6.07, 6.45) is -0.405. The number of hydrogen-bond donors (Lipinski definition) is 1. The van der Waals surface area contributed by atoms with Gasteiger partial charge in [-0.1, -0.05) is 18.2 Å². The number of carbonyl (C=O) groups is 2. The van der Waals surface area contributed by atoms with Crippen LogP contribution in [0.5, 0.6) is 11.5 Å². The largest absolute Gasteiger partial charge is 0.493 e. The van der Waals surface area contributed by atoms with E-state index < -0.39 is 44.8 Å². The highest BCUT2D eigenvalue weighted by Gasteiger charge is 2.40. The topological polar surface area (TPSA) is 145 Å². The van der Waals surface area contributed by atoms with Crippen LogP contribution in [0.1, 0.15) is 17.2 Å². The first-order valence-corrected chi connectivity index (χ1v) is 12.6. The fraction of sp³-hybridized carbons (Fsp3) is 0.200. The van der Waals surface area contributed by atoms with Gasteiger partial charge in [0.05, 0.1) is 35.0 Å². The molecule has 0 aliphatic carbocycles. The molecule has 1 atom stereocenters. The maximum Gasteiger partial charge on any atom is 0.269 e. The molecule has 1 aliphatic rings. The fourth-order valence-corrected chi connectivity index (χ4v) is 6.03. The summed E-state index contributed by atoms with van der Waals surface area (Å²) >= 11 is 0. The third kappa shape index (κ3) is 5.09. The molecule has 0 fully saturated rings. The highest BCUT2D eigenvalue weighted by Crippen LogP contribution is 2.42. The zero-order chi connectivity index (χ0) is 26.7. The van der Waals surface area contributed by atoms with Gasteiger partial charge in [0.25, 0.3) is 5.69 Å². The molecule has 0 saturated heterocycles. The van der Waals surface area contributed by atoms with Gasteiger partial charge in [0, 0.05) is 24.2 Å². The molecule has 1 heterocycles. The number of para-hydroxylation sites is 1. The highest BCUT2D eigenvalue weighted by molar-refractivity contribution is 7.92. The number of benzene rings is 3. The number of methoxy groups -OCH3 is 2. The Balaban J connectivity index is 1.67. The molecular weight excluding hydrogens is 502 g/mol. The van der Waals surface area contributed by atoms with Crippen molar-refractivity contribution in [2.45, 2.75) is 16.6 Å². The Labute approximate surface area is 212 Å². The van der Waals surface area contributed by atoms with Crippen molar-refractivity contribution in [1.82, 2.24) is 0 Å². The lowest BCUT2D eigenvalue weighted by molar-refractivity contribution is -0.384. The molecule has 0 aromatic heterocycles. The van der Waals surface area contributed by atoms with Crippen LogP contribution >= 0.6 is 0 Å². The smallest absolute Gasteiger partial charge is 0.269 e. The number of fused-ring (bicyclic) bond motifs is 1. The molecule has 4 rings (SSSR count). The van der Waals surface area contributed by atoms with Gasteiger partial charge in [-0.15, -0.1) is 0 Å². The zero-order valence-corrected chi connectivity index (χ0v) is 20.7. The summed E-state index contributed by atoms with van der Waals surface area (Å²) in [6, 6.07) is 15.9. The number of non-ortho nitro benzene ring substituents is 1. The Morgan fingerprint density at radius 1 is 1.05 bits per heavy atom. The van der Waals surface area contributed by atoms with Gasteiger partial charge in [0.2, 0.25) is 11.8 Å². The molecule has 1 unspecified atom stereocenters. The van der Waals surface area contributed by atoms with Crippen LogP contribution in [-0.2, 0) is 19.4 Å². The second-order valence-electron chi connectivity index (χ2n) is 8.15. The van der Waals surface area contributed by atoms with E-state index in [1.807, 2.05) is 0 Å². The van der Waals surface area contributed by atoms with E-state index in [0.29, 0.717) is 22.7 Å². The van der Waals surface area contributed by atoms with Crippen molar-refractivity contribution in [3.05, 3.63) is 82.4 Å². The summed E-state index contributed by atoms with van der Waals surface area (Å²) < 4.78 is 38.0. The van der Waals surface area contributed by atoms with Crippen LogP contribution in [0.3, 0.4) is 0 Å². The van der Waals surface area contributed by atoms with E-state index in [9.17, 15) is 28.1 Å². The number of nitro groups is 1. The number of amides is 2. The van der Waals surface area contributed by atoms with Gasteiger partial charge in [-0.2, -0.15) is 0 Å². The standard InChI is InChI=1S/C25H23N3O8S/c1-35-20-12-7-16(13-21(20)36-2)23-14-25(30)27(19-5-3-4-6-22(19)37(23,33)34)15-24(29)26-17-8-10-18(11-9-17)28(31)32/h3-13,23H,14-15H2,1-2H3,(H,26,29). The maximum atomic E-state index is 13.7. The van der Waals surface area contributed by atoms with Crippen LogP contribution in [0, 0.1) is 10.1 Å². The molecule has 192 valence electrons. The fourth-order valence-electron chi connectivity index (χ4n) is 4.12. The summed E-state index contributed by atoms with van der Waals surface area (Å²) in [4.78, 5) is 37.5. The van der Waals surface area contributed by atoms with E-state index >= 15 is 0 Å². The Morgan fingerprint density at radius 2 is 1.73 bits per heavy atom. The van der Waals surface area contributed by atoms with Gasteiger partial charge < -0.3 is 19.7 Å². The number of nitrogens with one attached hydrogen (secondary N) is 1. The number of anilines is 2. The molecule has 0 bridgehead atoms. The predicted molar refractivity (Wildman–Crippen MR) is 135 cm³/mol. The van der Waals surface area contributed by atoms with E-state index in [-0.39, 0.29) is 16.3 Å². The number of carbonyl (C=O) groups excluding carboxylic acids is 2. The van der Waals surface area contributed by atoms with Crippen LogP contribution in [0.25, 0.3) is 0 Å². The van der Waals surface area contributed by atoms with Gasteiger partial charge in [0.1, 0.15) is 6.54 Å². The number of rotatable bonds is 7. The van der Waals surface area contributed by atoms with Crippen molar-refractivity contribution in [3.63, 3.8) is 0 Å². The average Bonchev–Trinajstić information content (AvgIpc) is 2.97. The van der Waals surface area contributed by atoms with Gasteiger partial charge in [-0.3, -0.25) is 19.7 Å². The molecule has 3 aromatic rings. The van der Waals surface area contributed by atoms with Crippen molar-refractivity contribution in [2.75, 3.05) is 31.0 Å². The highest BCUT2D eigenvalue weighted by atomic mass is 32.2. The molecular formula is C25H23N3O8S. The number of ether oxygens (including phenoxy) is 2. The molecule has 0 spiro atoms. The molecule has 0 saturated carbocycles. The van der Waals surface area contributed by atoms with Crippen LogP contribution in [-0.4, -0.2) is 45.9 Å². The van der Waals surface area contributed by atoms with Crippen LogP contribution in [0.2, 0.25) is 0 Å². The molecule has 12 heteroatoms. The normalized spacial score (nSPS) is 16.3. The molecule has 11 nitrogen and oxygen atoms in total. The van der Waals surface area contributed by atoms with Crippen LogP contribution in [0.4, 0.5) is 17.1 Å². The second kappa shape index (κ2) is 10.3. The van der Waals surface area contributed by atoms with Crippen LogP contribution < -0.4 is 19.7 Å². The molecule has 0 radical (unpaired) electrons. The summed E-state index contributed by atoms with van der Waals surface area (Å²) in [5, 5.41) is 12.2. The Kier molecular flexibility index (Phi) is 7.11. The lowest BCUT2D eigenvalue weighted by Crippen LogP contribution is -2.38. The van der Waals surface area contributed by atoms with E-state index in [1.54, 1.807) is 24.3 Å². The summed E-state index contributed by atoms with van der Waals surface area (Å²) in [5.74, 6) is -0.431. The van der Waals surface area contributed by atoms with Gasteiger partial charge >= 0.3 is 0 Å². The van der Waals surface area contributed by atoms with Crippen molar-refractivity contribution in [3.8, 4) is 11.5 Å². The molecule has 1 aliphatic heterocycles. The molecule has 1 N–H and O–H groups in total. The Bertz CT molecular complexity index is 1470. The van der Waals surface area contributed by atoms with Gasteiger partial charge in [-0.05, 0) is 42.0 Å². The van der Waals surface area contributed by atoms with E-state index in [1.165, 1.54) is 56.7 Å². The number of sulfone groups is 1. The molecule has 3 aromatic carbocycles. The second-order valence-corrected chi connectivity index (χ2v) is 10.3. The first kappa shape index (κ1) is 25.6. The Morgan fingerprint density at radius 3 is 2.38 bits per heavy atom. The Hall–Kier alpha value is -4.45. The van der Waals surface area contributed by atoms with Crippen molar-refractivity contribution >= 4 is 38.7 Å². The number of nitro benzene ring substituents is 1. The minimum Gasteiger partial charge on any atom is -0.493 e. The lowest BCUT2D eigenvalue weighted by Gasteiger charge is -2.21. The average molecular weight is 526 g/mol. The van der Waals surface area contributed by atoms with Crippen molar-refractivity contribution in [2.24, 2.45) is 0 Å². The number of hydrogen-bond acceptors (Lipinski definition) is 8. The molecule has 2 amide bonds. The summed E-state index contributed by atoms with van der Waals surface area (Å²) in [7, 11) is -1.16. The van der Waals surface area contributed by atoms with Crippen LogP contribution in [0.15, 0.2) is 71.6 Å². The van der Waals surface area contributed by atoms with E-state index in [2.05, 4.69) is 5.32 Å². The zero-order valence-electron chi connectivity index (χ0n) is 19.9.